The largest absolute Gasteiger partial charge is 0.292 e. The van der Waals surface area contributed by atoms with Crippen LogP contribution in [0.2, 0.25) is 0 Å². The first-order valence-electron chi connectivity index (χ1n) is 14.7. The minimum absolute atomic E-state index is 0.951. The van der Waals surface area contributed by atoms with Crippen molar-refractivity contribution in [1.29, 1.82) is 0 Å². The highest BCUT2D eigenvalue weighted by atomic mass is 15.1. The number of fused-ring (bicyclic) bond motifs is 3. The van der Waals surface area contributed by atoms with Gasteiger partial charge in [0, 0.05) is 11.3 Å². The average molecular weight is 539 g/mol. The van der Waals surface area contributed by atoms with Gasteiger partial charge in [-0.05, 0) is 87.8 Å². The number of allylic oxidation sites excluding steroid dienone is 4. The zero-order valence-corrected chi connectivity index (χ0v) is 23.6. The lowest BCUT2D eigenvalue weighted by molar-refractivity contribution is 0.979. The summed E-state index contributed by atoms with van der Waals surface area (Å²) in [6.07, 6.45) is 6.82. The Hall–Kier alpha value is -5.21. The van der Waals surface area contributed by atoms with Crippen LogP contribution in [-0.2, 0) is 0 Å². The molecule has 0 atom stereocenters. The van der Waals surface area contributed by atoms with Gasteiger partial charge in [-0.15, -0.1) is 0 Å². The van der Waals surface area contributed by atoms with Crippen LogP contribution in [0.1, 0.15) is 25.3 Å². The molecule has 42 heavy (non-hydrogen) atoms. The predicted molar refractivity (Wildman–Crippen MR) is 178 cm³/mol. The number of imidazole rings is 1. The molecule has 1 aromatic heterocycles. The van der Waals surface area contributed by atoms with E-state index in [1.807, 2.05) is 0 Å². The van der Waals surface area contributed by atoms with Gasteiger partial charge in [0.2, 0.25) is 0 Å². The second kappa shape index (κ2) is 10.0. The van der Waals surface area contributed by atoms with Crippen molar-refractivity contribution in [2.24, 2.45) is 0 Å². The highest BCUT2D eigenvalue weighted by molar-refractivity contribution is 6.18. The highest BCUT2D eigenvalue weighted by Gasteiger charge is 2.19. The first kappa shape index (κ1) is 24.6. The molecule has 0 unspecified atom stereocenters. The Bertz CT molecular complexity index is 2120. The van der Waals surface area contributed by atoms with E-state index < -0.39 is 0 Å². The summed E-state index contributed by atoms with van der Waals surface area (Å²) in [4.78, 5) is 5.08. The van der Waals surface area contributed by atoms with Crippen LogP contribution in [0.5, 0.6) is 0 Å². The maximum atomic E-state index is 5.08. The van der Waals surface area contributed by atoms with Crippen molar-refractivity contribution in [3.8, 4) is 28.2 Å². The zero-order valence-electron chi connectivity index (χ0n) is 23.6. The molecule has 2 heteroatoms. The number of nitrogens with zero attached hydrogens (tertiary/aromatic N) is 2. The second-order valence-electron chi connectivity index (χ2n) is 11.2. The summed E-state index contributed by atoms with van der Waals surface area (Å²) >= 11 is 0. The van der Waals surface area contributed by atoms with E-state index in [4.69, 9.17) is 4.98 Å². The molecule has 0 spiro atoms. The van der Waals surface area contributed by atoms with Gasteiger partial charge in [0.05, 0.1) is 11.0 Å². The fourth-order valence-corrected chi connectivity index (χ4v) is 6.58. The van der Waals surface area contributed by atoms with Crippen molar-refractivity contribution in [2.45, 2.75) is 19.8 Å². The fourth-order valence-electron chi connectivity index (χ4n) is 6.58. The molecule has 1 aliphatic rings. The molecular formula is C40H30N2. The van der Waals surface area contributed by atoms with Crippen molar-refractivity contribution in [2.75, 3.05) is 0 Å². The van der Waals surface area contributed by atoms with Gasteiger partial charge in [0.1, 0.15) is 5.82 Å². The quantitative estimate of drug-likeness (QED) is 0.204. The molecule has 0 fully saturated rings. The molecular weight excluding hydrogens is 508 g/mol. The summed E-state index contributed by atoms with van der Waals surface area (Å²) in [5, 5.41) is 5.23. The summed E-state index contributed by atoms with van der Waals surface area (Å²) in [6.45, 7) is 2.23. The Morgan fingerprint density at radius 2 is 1.10 bits per heavy atom. The molecule has 1 heterocycles. The van der Waals surface area contributed by atoms with E-state index in [9.17, 15) is 0 Å². The first-order chi connectivity index (χ1) is 20.8. The minimum Gasteiger partial charge on any atom is -0.292 e. The number of hydrogen-bond acceptors (Lipinski definition) is 1. The van der Waals surface area contributed by atoms with E-state index in [0.29, 0.717) is 0 Å². The summed E-state index contributed by atoms with van der Waals surface area (Å²) in [5.74, 6) is 0.951. The molecule has 6 aromatic carbocycles. The van der Waals surface area contributed by atoms with Crippen LogP contribution in [0.3, 0.4) is 0 Å². The lowest BCUT2D eigenvalue weighted by Crippen LogP contribution is -1.98. The Morgan fingerprint density at radius 1 is 0.524 bits per heavy atom. The lowest BCUT2D eigenvalue weighted by Gasteiger charge is -2.21. The summed E-state index contributed by atoms with van der Waals surface area (Å²) < 4.78 is 2.26. The average Bonchev–Trinajstić information content (AvgIpc) is 3.44. The van der Waals surface area contributed by atoms with Gasteiger partial charge < -0.3 is 0 Å². The molecule has 200 valence electrons. The van der Waals surface area contributed by atoms with Gasteiger partial charge in [-0.2, -0.15) is 0 Å². The molecule has 0 N–H and O–H groups in total. The smallest absolute Gasteiger partial charge is 0.145 e. The van der Waals surface area contributed by atoms with Gasteiger partial charge in [0.25, 0.3) is 0 Å². The summed E-state index contributed by atoms with van der Waals surface area (Å²) in [6, 6.07) is 45.7. The van der Waals surface area contributed by atoms with Crippen LogP contribution in [0.25, 0.3) is 66.4 Å². The molecule has 0 bridgehead atoms. The van der Waals surface area contributed by atoms with Crippen LogP contribution in [0, 0.1) is 0 Å². The van der Waals surface area contributed by atoms with Crippen molar-refractivity contribution < 1.29 is 0 Å². The number of aromatic nitrogens is 2. The normalized spacial score (nSPS) is 13.5. The molecule has 7 aromatic rings. The van der Waals surface area contributed by atoms with Crippen LogP contribution >= 0.6 is 0 Å². The molecule has 2 nitrogen and oxygen atoms in total. The topological polar surface area (TPSA) is 17.8 Å². The van der Waals surface area contributed by atoms with Gasteiger partial charge in [-0.1, -0.05) is 121 Å². The molecule has 0 saturated heterocycles. The van der Waals surface area contributed by atoms with Crippen molar-refractivity contribution in [3.05, 3.63) is 151 Å². The molecule has 1 aliphatic carbocycles. The molecule has 0 radical (unpaired) electrons. The van der Waals surface area contributed by atoms with E-state index in [1.54, 1.807) is 0 Å². The Morgan fingerprint density at radius 3 is 1.74 bits per heavy atom. The van der Waals surface area contributed by atoms with Gasteiger partial charge >= 0.3 is 0 Å². The third-order valence-electron chi connectivity index (χ3n) is 8.62. The maximum absolute atomic E-state index is 5.08. The standard InChI is InChI=1S/C40H30N2/c1-27-19-21-28(22-20-27)38-32-13-5-7-15-34(32)39(35-16-8-6-14-33(35)38)29-23-25-30(26-24-29)40-41-36-17-9-10-18-37(36)42(40)31-11-3-2-4-12-31/h2-19,21,23-26H,20,22H2,1H3. The SMILES string of the molecule is CC1=CC=C(c2c3ccccc3c(-c3ccc(-c4nc5ccccc5n4-c4ccccc4)cc3)c3ccccc23)CC1. The first-order valence-corrected chi connectivity index (χ1v) is 14.7. The van der Waals surface area contributed by atoms with Gasteiger partial charge in [-0.25, -0.2) is 4.98 Å². The van der Waals surface area contributed by atoms with Crippen LogP contribution in [0.15, 0.2) is 145 Å². The number of benzene rings is 6. The second-order valence-corrected chi connectivity index (χ2v) is 11.2. The van der Waals surface area contributed by atoms with E-state index in [0.717, 1.165) is 41.0 Å². The molecule has 0 saturated carbocycles. The van der Waals surface area contributed by atoms with Crippen molar-refractivity contribution in [3.63, 3.8) is 0 Å². The third-order valence-corrected chi connectivity index (χ3v) is 8.62. The summed E-state index contributed by atoms with van der Waals surface area (Å²) in [7, 11) is 0. The molecule has 0 amide bonds. The van der Waals surface area contributed by atoms with Crippen molar-refractivity contribution >= 4 is 38.2 Å². The fraction of sp³-hybridized carbons (Fsp3) is 0.0750. The van der Waals surface area contributed by atoms with Crippen LogP contribution in [0.4, 0.5) is 0 Å². The van der Waals surface area contributed by atoms with Crippen LogP contribution < -0.4 is 0 Å². The third kappa shape index (κ3) is 3.99. The van der Waals surface area contributed by atoms with Gasteiger partial charge in [0.15, 0.2) is 0 Å². The molecule has 0 aliphatic heterocycles. The van der Waals surface area contributed by atoms with E-state index in [1.165, 1.54) is 49.4 Å². The zero-order chi connectivity index (χ0) is 28.0. The monoisotopic (exact) mass is 538 g/mol. The highest BCUT2D eigenvalue weighted by Crippen LogP contribution is 2.44. The lowest BCUT2D eigenvalue weighted by atomic mass is 9.83. The Labute approximate surface area is 245 Å². The minimum atomic E-state index is 0.951. The van der Waals surface area contributed by atoms with Gasteiger partial charge in [-0.3, -0.25) is 4.57 Å². The summed E-state index contributed by atoms with van der Waals surface area (Å²) in [5.41, 5.74) is 11.1. The maximum Gasteiger partial charge on any atom is 0.145 e. The van der Waals surface area contributed by atoms with E-state index >= 15 is 0 Å². The number of para-hydroxylation sites is 3. The number of rotatable bonds is 4. The number of hydrogen-bond donors (Lipinski definition) is 0. The Kier molecular flexibility index (Phi) is 5.86. The van der Waals surface area contributed by atoms with Crippen LogP contribution in [-0.4, -0.2) is 9.55 Å². The molecule has 8 rings (SSSR count). The van der Waals surface area contributed by atoms with Crippen molar-refractivity contribution in [1.82, 2.24) is 9.55 Å². The Balaban J connectivity index is 1.33. The van der Waals surface area contributed by atoms with E-state index in [-0.39, 0.29) is 0 Å². The van der Waals surface area contributed by atoms with E-state index in [2.05, 4.69) is 151 Å². The predicted octanol–water partition coefficient (Wildman–Crippen LogP) is 10.8.